The van der Waals surface area contributed by atoms with Crippen LogP contribution in [0.25, 0.3) is 0 Å². The Kier molecular flexibility index (Phi) is 4.09. The van der Waals surface area contributed by atoms with Crippen LogP contribution < -0.4 is 5.32 Å². The lowest BCUT2D eigenvalue weighted by molar-refractivity contribution is -0.154. The van der Waals surface area contributed by atoms with E-state index in [1.807, 2.05) is 30.3 Å². The van der Waals surface area contributed by atoms with Crippen molar-refractivity contribution in [1.82, 2.24) is 5.32 Å². The summed E-state index contributed by atoms with van der Waals surface area (Å²) >= 11 is 0. The lowest BCUT2D eigenvalue weighted by atomic mass is 9.77. The van der Waals surface area contributed by atoms with Crippen molar-refractivity contribution in [1.29, 1.82) is 0 Å². The molecule has 2 atom stereocenters. The van der Waals surface area contributed by atoms with Crippen LogP contribution in [-0.2, 0) is 20.9 Å². The van der Waals surface area contributed by atoms with E-state index in [9.17, 15) is 14.7 Å². The molecule has 1 amide bonds. The van der Waals surface area contributed by atoms with E-state index < -0.39 is 11.5 Å². The van der Waals surface area contributed by atoms with E-state index in [4.69, 9.17) is 4.74 Å². The molecule has 0 spiro atoms. The summed E-state index contributed by atoms with van der Waals surface area (Å²) in [7, 11) is 0. The first-order chi connectivity index (χ1) is 9.38. The first kappa shape index (κ1) is 14.5. The van der Waals surface area contributed by atoms with Crippen LogP contribution in [0.1, 0.15) is 25.8 Å². The van der Waals surface area contributed by atoms with Gasteiger partial charge in [-0.3, -0.25) is 9.59 Å². The second kappa shape index (κ2) is 5.63. The Morgan fingerprint density at radius 3 is 2.55 bits per heavy atom. The number of nitrogens with one attached hydrogen (secondary N) is 1. The topological polar surface area (TPSA) is 75.6 Å². The minimum absolute atomic E-state index is 0.0766. The molecular formula is C15H19NO4. The van der Waals surface area contributed by atoms with Gasteiger partial charge in [-0.2, -0.15) is 0 Å². The van der Waals surface area contributed by atoms with Gasteiger partial charge in [-0.25, -0.2) is 0 Å². The van der Waals surface area contributed by atoms with Gasteiger partial charge in [0.05, 0.1) is 24.0 Å². The lowest BCUT2D eigenvalue weighted by Crippen LogP contribution is -2.65. The number of esters is 1. The van der Waals surface area contributed by atoms with Crippen LogP contribution in [0.5, 0.6) is 0 Å². The van der Waals surface area contributed by atoms with Crippen LogP contribution in [0.3, 0.4) is 0 Å². The monoisotopic (exact) mass is 277 g/mol. The zero-order valence-corrected chi connectivity index (χ0v) is 11.6. The van der Waals surface area contributed by atoms with E-state index in [2.05, 4.69) is 5.32 Å². The van der Waals surface area contributed by atoms with Crippen LogP contribution in [-0.4, -0.2) is 28.6 Å². The van der Waals surface area contributed by atoms with Gasteiger partial charge >= 0.3 is 5.97 Å². The minimum Gasteiger partial charge on any atom is -0.461 e. The molecule has 0 aromatic heterocycles. The van der Waals surface area contributed by atoms with Gasteiger partial charge in [-0.15, -0.1) is 0 Å². The number of benzene rings is 1. The molecule has 0 aliphatic carbocycles. The van der Waals surface area contributed by atoms with Crippen molar-refractivity contribution in [2.45, 2.75) is 38.5 Å². The van der Waals surface area contributed by atoms with Crippen molar-refractivity contribution >= 4 is 11.9 Å². The van der Waals surface area contributed by atoms with Crippen LogP contribution >= 0.6 is 0 Å². The molecule has 5 nitrogen and oxygen atoms in total. The molecule has 0 bridgehead atoms. The van der Waals surface area contributed by atoms with Gasteiger partial charge in [0.25, 0.3) is 0 Å². The number of hydrogen-bond donors (Lipinski definition) is 2. The van der Waals surface area contributed by atoms with E-state index in [1.54, 1.807) is 13.8 Å². The fourth-order valence-corrected chi connectivity index (χ4v) is 2.40. The highest BCUT2D eigenvalue weighted by molar-refractivity contribution is 5.88. The number of rotatable bonds is 5. The Hall–Kier alpha value is -1.88. The number of hydrogen-bond acceptors (Lipinski definition) is 4. The largest absolute Gasteiger partial charge is 0.461 e. The van der Waals surface area contributed by atoms with Crippen molar-refractivity contribution in [2.75, 3.05) is 0 Å². The molecule has 2 unspecified atom stereocenters. The number of β-lactam (4-membered cyclic amide) rings is 1. The molecule has 1 aliphatic rings. The van der Waals surface area contributed by atoms with Crippen molar-refractivity contribution in [3.05, 3.63) is 35.9 Å². The van der Waals surface area contributed by atoms with Crippen molar-refractivity contribution < 1.29 is 19.4 Å². The van der Waals surface area contributed by atoms with Gasteiger partial charge in [0.15, 0.2) is 0 Å². The predicted molar refractivity (Wildman–Crippen MR) is 72.6 cm³/mol. The fraction of sp³-hybridized carbons (Fsp3) is 0.467. The van der Waals surface area contributed by atoms with E-state index >= 15 is 0 Å². The van der Waals surface area contributed by atoms with Crippen molar-refractivity contribution in [3.63, 3.8) is 0 Å². The molecule has 1 aromatic rings. The van der Waals surface area contributed by atoms with Crippen LogP contribution in [0.4, 0.5) is 0 Å². The third-order valence-corrected chi connectivity index (χ3v) is 3.40. The molecule has 1 fully saturated rings. The van der Waals surface area contributed by atoms with Crippen LogP contribution in [0, 0.1) is 5.92 Å². The summed E-state index contributed by atoms with van der Waals surface area (Å²) in [6.07, 6.45) is 0.0766. The average molecular weight is 277 g/mol. The Morgan fingerprint density at radius 1 is 1.35 bits per heavy atom. The summed E-state index contributed by atoms with van der Waals surface area (Å²) in [6, 6.07) is 9.03. The van der Waals surface area contributed by atoms with Crippen molar-refractivity contribution in [3.8, 4) is 0 Å². The maximum atomic E-state index is 11.7. The molecule has 0 saturated carbocycles. The predicted octanol–water partition coefficient (Wildman–Crippen LogP) is 1.01. The van der Waals surface area contributed by atoms with E-state index in [0.29, 0.717) is 0 Å². The fourth-order valence-electron chi connectivity index (χ4n) is 2.40. The van der Waals surface area contributed by atoms with E-state index in [0.717, 1.165) is 5.56 Å². The Balaban J connectivity index is 1.82. The molecule has 1 aliphatic heterocycles. The average Bonchev–Trinajstić information content (AvgIpc) is 2.34. The Labute approximate surface area is 117 Å². The van der Waals surface area contributed by atoms with Gasteiger partial charge in [-0.05, 0) is 19.4 Å². The van der Waals surface area contributed by atoms with Gasteiger partial charge in [0.1, 0.15) is 6.61 Å². The van der Waals surface area contributed by atoms with E-state index in [-0.39, 0.29) is 30.9 Å². The number of ether oxygens (including phenoxy) is 1. The molecule has 108 valence electrons. The zero-order valence-electron chi connectivity index (χ0n) is 11.6. The maximum Gasteiger partial charge on any atom is 0.308 e. The highest BCUT2D eigenvalue weighted by atomic mass is 16.5. The van der Waals surface area contributed by atoms with Gasteiger partial charge in [0.2, 0.25) is 5.91 Å². The molecule has 1 aromatic carbocycles. The third kappa shape index (κ3) is 3.36. The van der Waals surface area contributed by atoms with Crippen molar-refractivity contribution in [2.24, 2.45) is 5.92 Å². The number of amides is 1. The zero-order chi connectivity index (χ0) is 14.8. The Bertz CT molecular complexity index is 492. The third-order valence-electron chi connectivity index (χ3n) is 3.40. The molecule has 20 heavy (non-hydrogen) atoms. The Morgan fingerprint density at radius 2 is 2.00 bits per heavy atom. The molecular weight excluding hydrogens is 258 g/mol. The summed E-state index contributed by atoms with van der Waals surface area (Å²) < 4.78 is 5.16. The molecule has 0 radical (unpaired) electrons. The van der Waals surface area contributed by atoms with E-state index in [1.165, 1.54) is 0 Å². The smallest absolute Gasteiger partial charge is 0.308 e. The number of carbonyl (C=O) groups excluding carboxylic acids is 2. The second-order valence-corrected chi connectivity index (χ2v) is 5.60. The van der Waals surface area contributed by atoms with Gasteiger partial charge < -0.3 is 15.2 Å². The summed E-state index contributed by atoms with van der Waals surface area (Å²) in [6.45, 7) is 3.35. The first-order valence-corrected chi connectivity index (χ1v) is 6.60. The summed E-state index contributed by atoms with van der Waals surface area (Å²) in [5.74, 6) is -1.17. The SMILES string of the molecule is CC(C)(O)C1C(=O)NC1CC(=O)OCc1ccccc1. The minimum atomic E-state index is -1.13. The summed E-state index contributed by atoms with van der Waals surface area (Å²) in [4.78, 5) is 23.2. The number of carbonyl (C=O) groups is 2. The molecule has 2 rings (SSSR count). The molecule has 1 heterocycles. The second-order valence-electron chi connectivity index (χ2n) is 5.60. The lowest BCUT2D eigenvalue weighted by Gasteiger charge is -2.42. The van der Waals surface area contributed by atoms with Gasteiger partial charge in [0, 0.05) is 0 Å². The maximum absolute atomic E-state index is 11.7. The highest BCUT2D eigenvalue weighted by Gasteiger charge is 2.48. The van der Waals surface area contributed by atoms with Gasteiger partial charge in [-0.1, -0.05) is 30.3 Å². The standard InChI is InChI=1S/C15H19NO4/c1-15(2,19)13-11(16-14(13)18)8-12(17)20-9-10-6-4-3-5-7-10/h3-7,11,13,19H,8-9H2,1-2H3,(H,16,18). The normalized spacial score (nSPS) is 21.9. The molecule has 1 saturated heterocycles. The molecule has 2 N–H and O–H groups in total. The number of aliphatic hydroxyl groups is 1. The first-order valence-electron chi connectivity index (χ1n) is 6.60. The highest BCUT2D eigenvalue weighted by Crippen LogP contribution is 2.29. The van der Waals surface area contributed by atoms with Crippen LogP contribution in [0.2, 0.25) is 0 Å². The van der Waals surface area contributed by atoms with Crippen LogP contribution in [0.15, 0.2) is 30.3 Å². The summed E-state index contributed by atoms with van der Waals surface area (Å²) in [5.41, 5.74) is -0.218. The quantitative estimate of drug-likeness (QED) is 0.622. The summed E-state index contributed by atoms with van der Waals surface area (Å²) in [5, 5.41) is 12.5. The molecule has 5 heteroatoms.